The van der Waals surface area contributed by atoms with E-state index in [-0.39, 0.29) is 17.1 Å². The Hall–Kier alpha value is -3.49. The molecule has 0 saturated heterocycles. The van der Waals surface area contributed by atoms with E-state index in [0.717, 1.165) is 5.69 Å². The number of amides is 1. The maximum absolute atomic E-state index is 12.4. The van der Waals surface area contributed by atoms with E-state index < -0.39 is 25.1 Å². The molecule has 0 atom stereocenters. The molecule has 1 N–H and O–H groups in total. The van der Waals surface area contributed by atoms with E-state index in [1.807, 2.05) is 13.0 Å². The smallest absolute Gasteiger partial charge is 0.387 e. The summed E-state index contributed by atoms with van der Waals surface area (Å²) < 4.78 is 35.7. The van der Waals surface area contributed by atoms with Gasteiger partial charge in [-0.2, -0.15) is 8.78 Å². The second-order valence-corrected chi connectivity index (χ2v) is 5.52. The first-order valence-electron chi connectivity index (χ1n) is 7.89. The number of carbonyl (C=O) groups excluding carboxylic acids is 2. The summed E-state index contributed by atoms with van der Waals surface area (Å²) in [5.74, 6) is -1.66. The van der Waals surface area contributed by atoms with Crippen LogP contribution in [0.3, 0.4) is 0 Å². The van der Waals surface area contributed by atoms with Crippen molar-refractivity contribution in [2.45, 2.75) is 13.5 Å². The number of anilines is 1. The highest BCUT2D eigenvalue weighted by Crippen LogP contribution is 2.25. The number of nitrogens with zero attached hydrogens (tertiary/aromatic N) is 2. The van der Waals surface area contributed by atoms with Crippen LogP contribution in [0.1, 0.15) is 16.2 Å². The molecule has 9 heteroatoms. The summed E-state index contributed by atoms with van der Waals surface area (Å²) in [6.07, 6.45) is 1.51. The zero-order chi connectivity index (χ0) is 19.4. The molecule has 0 aliphatic heterocycles. The van der Waals surface area contributed by atoms with Gasteiger partial charge in [-0.05, 0) is 31.2 Å². The number of pyridine rings is 1. The Labute approximate surface area is 152 Å². The summed E-state index contributed by atoms with van der Waals surface area (Å²) in [7, 11) is 0. The van der Waals surface area contributed by atoms with E-state index in [1.165, 1.54) is 24.4 Å². The summed E-state index contributed by atoms with van der Waals surface area (Å²) in [6.45, 7) is -1.77. The molecular formula is C18H15F2N3O4. The quantitative estimate of drug-likeness (QED) is 0.670. The molecule has 0 radical (unpaired) electrons. The fraction of sp³-hybridized carbons (Fsp3) is 0.167. The number of aromatic nitrogens is 2. The van der Waals surface area contributed by atoms with E-state index in [0.29, 0.717) is 5.65 Å². The van der Waals surface area contributed by atoms with Gasteiger partial charge >= 0.3 is 12.6 Å². The molecular weight excluding hydrogens is 360 g/mol. The molecule has 1 amide bonds. The highest BCUT2D eigenvalue weighted by Gasteiger charge is 2.16. The van der Waals surface area contributed by atoms with E-state index in [2.05, 4.69) is 15.0 Å². The van der Waals surface area contributed by atoms with Crippen molar-refractivity contribution >= 4 is 23.2 Å². The number of halogens is 2. The highest BCUT2D eigenvalue weighted by molar-refractivity contribution is 5.96. The number of benzene rings is 1. The van der Waals surface area contributed by atoms with Gasteiger partial charge in [-0.3, -0.25) is 4.79 Å². The molecule has 2 heterocycles. The van der Waals surface area contributed by atoms with Gasteiger partial charge in [0.2, 0.25) is 0 Å². The van der Waals surface area contributed by atoms with Crippen molar-refractivity contribution < 1.29 is 27.8 Å². The standard InChI is InChI=1S/C18H15F2N3O4/c1-11-5-4-8-15-21-13(9-23(11)15)17(25)26-10-16(24)22-12-6-2-3-7-14(12)27-18(19)20/h2-9,18H,10H2,1H3,(H,22,24). The van der Waals surface area contributed by atoms with Crippen LogP contribution in [0.2, 0.25) is 0 Å². The third-order valence-electron chi connectivity index (χ3n) is 3.62. The average Bonchev–Trinajstić information content (AvgIpc) is 3.07. The molecule has 0 fully saturated rings. The molecule has 1 aromatic carbocycles. The molecule has 3 rings (SSSR count). The molecule has 0 aliphatic rings. The van der Waals surface area contributed by atoms with Gasteiger partial charge < -0.3 is 19.2 Å². The molecule has 2 aromatic heterocycles. The Bertz CT molecular complexity index is 988. The number of imidazole rings is 1. The van der Waals surface area contributed by atoms with Gasteiger partial charge in [0.25, 0.3) is 5.91 Å². The molecule has 27 heavy (non-hydrogen) atoms. The number of para-hydroxylation sites is 2. The van der Waals surface area contributed by atoms with Crippen molar-refractivity contribution in [3.05, 3.63) is 60.0 Å². The lowest BCUT2D eigenvalue weighted by Crippen LogP contribution is -2.21. The minimum absolute atomic E-state index is 0.0437. The van der Waals surface area contributed by atoms with Crippen molar-refractivity contribution in [3.8, 4) is 5.75 Å². The van der Waals surface area contributed by atoms with E-state index in [9.17, 15) is 18.4 Å². The SMILES string of the molecule is Cc1cccc2nc(C(=O)OCC(=O)Nc3ccccc3OC(F)F)cn12. The van der Waals surface area contributed by atoms with Crippen LogP contribution in [0.5, 0.6) is 5.75 Å². The topological polar surface area (TPSA) is 81.9 Å². The van der Waals surface area contributed by atoms with Crippen LogP contribution in [-0.4, -0.2) is 34.5 Å². The lowest BCUT2D eigenvalue weighted by Gasteiger charge is -2.11. The fourth-order valence-electron chi connectivity index (χ4n) is 2.41. The van der Waals surface area contributed by atoms with Crippen molar-refractivity contribution in [2.75, 3.05) is 11.9 Å². The van der Waals surface area contributed by atoms with Gasteiger partial charge in [0.05, 0.1) is 5.69 Å². The normalized spacial score (nSPS) is 10.8. The second kappa shape index (κ2) is 7.81. The zero-order valence-electron chi connectivity index (χ0n) is 14.2. The van der Waals surface area contributed by atoms with Crippen LogP contribution in [0, 0.1) is 6.92 Å². The third-order valence-corrected chi connectivity index (χ3v) is 3.62. The Morgan fingerprint density at radius 2 is 1.96 bits per heavy atom. The molecule has 7 nitrogen and oxygen atoms in total. The summed E-state index contributed by atoms with van der Waals surface area (Å²) in [5.41, 5.74) is 1.55. The number of hydrogen-bond donors (Lipinski definition) is 1. The molecule has 0 spiro atoms. The van der Waals surface area contributed by atoms with Crippen LogP contribution in [-0.2, 0) is 9.53 Å². The van der Waals surface area contributed by atoms with Crippen molar-refractivity contribution in [1.29, 1.82) is 0 Å². The van der Waals surface area contributed by atoms with Crippen LogP contribution in [0.4, 0.5) is 14.5 Å². The summed E-state index contributed by atoms with van der Waals surface area (Å²) in [4.78, 5) is 28.2. The third kappa shape index (κ3) is 4.38. The van der Waals surface area contributed by atoms with Gasteiger partial charge in [-0.1, -0.05) is 18.2 Å². The van der Waals surface area contributed by atoms with E-state index in [1.54, 1.807) is 22.6 Å². The fourth-order valence-corrected chi connectivity index (χ4v) is 2.41. The van der Waals surface area contributed by atoms with Gasteiger partial charge in [0.15, 0.2) is 12.3 Å². The van der Waals surface area contributed by atoms with Gasteiger partial charge in [-0.25, -0.2) is 9.78 Å². The Morgan fingerprint density at radius 1 is 1.19 bits per heavy atom. The maximum atomic E-state index is 12.4. The number of rotatable bonds is 6. The van der Waals surface area contributed by atoms with Gasteiger partial charge in [0, 0.05) is 11.9 Å². The number of carbonyl (C=O) groups is 2. The van der Waals surface area contributed by atoms with Gasteiger partial charge in [-0.15, -0.1) is 0 Å². The second-order valence-electron chi connectivity index (χ2n) is 5.52. The molecule has 140 valence electrons. The van der Waals surface area contributed by atoms with E-state index >= 15 is 0 Å². The van der Waals surface area contributed by atoms with Gasteiger partial charge in [0.1, 0.15) is 11.4 Å². The van der Waals surface area contributed by atoms with E-state index in [4.69, 9.17) is 4.74 Å². The predicted octanol–water partition coefficient (Wildman–Crippen LogP) is 3.04. The van der Waals surface area contributed by atoms with Crippen molar-refractivity contribution in [1.82, 2.24) is 9.38 Å². The highest BCUT2D eigenvalue weighted by atomic mass is 19.3. The molecule has 3 aromatic rings. The summed E-state index contributed by atoms with van der Waals surface area (Å²) in [5, 5.41) is 2.36. The number of aryl methyl sites for hydroxylation is 1. The van der Waals surface area contributed by atoms with Crippen molar-refractivity contribution in [3.63, 3.8) is 0 Å². The monoisotopic (exact) mass is 375 g/mol. The average molecular weight is 375 g/mol. The minimum atomic E-state index is -3.03. The number of fused-ring (bicyclic) bond motifs is 1. The Balaban J connectivity index is 1.62. The summed E-state index contributed by atoms with van der Waals surface area (Å²) in [6, 6.07) is 11.1. The molecule has 0 saturated carbocycles. The van der Waals surface area contributed by atoms with Crippen LogP contribution in [0.15, 0.2) is 48.7 Å². The Kier molecular flexibility index (Phi) is 5.30. The number of esters is 1. The van der Waals surface area contributed by atoms with Crippen LogP contribution < -0.4 is 10.1 Å². The zero-order valence-corrected chi connectivity index (χ0v) is 14.2. The molecule has 0 bridgehead atoms. The minimum Gasteiger partial charge on any atom is -0.451 e. The number of ether oxygens (including phenoxy) is 2. The maximum Gasteiger partial charge on any atom is 0.387 e. The molecule has 0 aliphatic carbocycles. The molecule has 0 unspecified atom stereocenters. The predicted molar refractivity (Wildman–Crippen MR) is 91.9 cm³/mol. The number of nitrogens with one attached hydrogen (secondary N) is 1. The lowest BCUT2D eigenvalue weighted by molar-refractivity contribution is -0.119. The van der Waals surface area contributed by atoms with Crippen molar-refractivity contribution in [2.24, 2.45) is 0 Å². The largest absolute Gasteiger partial charge is 0.451 e. The van der Waals surface area contributed by atoms with Crippen LogP contribution >= 0.6 is 0 Å². The Morgan fingerprint density at radius 3 is 2.70 bits per heavy atom. The first kappa shape index (κ1) is 18.3. The summed E-state index contributed by atoms with van der Waals surface area (Å²) >= 11 is 0. The number of hydrogen-bond acceptors (Lipinski definition) is 5. The first-order chi connectivity index (χ1) is 12.9. The lowest BCUT2D eigenvalue weighted by atomic mass is 10.3. The first-order valence-corrected chi connectivity index (χ1v) is 7.89. The van der Waals surface area contributed by atoms with Crippen LogP contribution in [0.25, 0.3) is 5.65 Å². The number of alkyl halides is 2.